The standard InChI is InChI=1S/C16H27O3PSSi/c1-14(17)18-12-20(21,15-10-8-7-9-11-15)13-19-22(5,6)16(2,3)4/h7-11H,12-13H2,1-6H3/t20-/m1/s1. The number of benzene rings is 1. The molecule has 0 heterocycles. The summed E-state index contributed by atoms with van der Waals surface area (Å²) in [4.78, 5) is 11.2. The largest absolute Gasteiger partial charge is 0.460 e. The first kappa shape index (κ1) is 19.6. The van der Waals surface area contributed by atoms with Gasteiger partial charge in [-0.2, -0.15) is 0 Å². The van der Waals surface area contributed by atoms with E-state index in [-0.39, 0.29) is 17.4 Å². The van der Waals surface area contributed by atoms with Crippen molar-refractivity contribution < 1.29 is 14.0 Å². The summed E-state index contributed by atoms with van der Waals surface area (Å²) in [5.41, 5.74) is 0. The molecule has 1 aromatic carbocycles. The zero-order valence-electron chi connectivity index (χ0n) is 14.4. The van der Waals surface area contributed by atoms with E-state index in [4.69, 9.17) is 21.0 Å². The second-order valence-corrected chi connectivity index (χ2v) is 16.7. The van der Waals surface area contributed by atoms with Gasteiger partial charge >= 0.3 is 5.97 Å². The van der Waals surface area contributed by atoms with Crippen molar-refractivity contribution >= 4 is 37.4 Å². The summed E-state index contributed by atoms with van der Waals surface area (Å²) in [6, 6.07) is 7.84. The maximum absolute atomic E-state index is 11.2. The third-order valence-corrected chi connectivity index (χ3v) is 12.5. The van der Waals surface area contributed by atoms with Gasteiger partial charge in [-0.15, -0.1) is 0 Å². The van der Waals surface area contributed by atoms with E-state index < -0.39 is 14.4 Å². The average molecular weight is 359 g/mol. The van der Waals surface area contributed by atoms with Crippen LogP contribution in [0, 0.1) is 0 Å². The van der Waals surface area contributed by atoms with Crippen LogP contribution in [0.25, 0.3) is 0 Å². The van der Waals surface area contributed by atoms with Crippen LogP contribution < -0.4 is 5.30 Å². The minimum atomic E-state index is -2.09. The molecule has 0 fully saturated rings. The van der Waals surface area contributed by atoms with Gasteiger partial charge in [0.2, 0.25) is 0 Å². The predicted molar refractivity (Wildman–Crippen MR) is 100 cm³/mol. The number of hydrogen-bond donors (Lipinski definition) is 0. The van der Waals surface area contributed by atoms with E-state index in [1.165, 1.54) is 6.92 Å². The van der Waals surface area contributed by atoms with Gasteiger partial charge in [0.15, 0.2) is 8.32 Å². The van der Waals surface area contributed by atoms with E-state index >= 15 is 0 Å². The van der Waals surface area contributed by atoms with E-state index in [9.17, 15) is 4.79 Å². The fraction of sp³-hybridized carbons (Fsp3) is 0.562. The van der Waals surface area contributed by atoms with E-state index in [2.05, 4.69) is 33.9 Å². The van der Waals surface area contributed by atoms with Crippen molar-refractivity contribution in [3.05, 3.63) is 30.3 Å². The van der Waals surface area contributed by atoms with Gasteiger partial charge in [0.05, 0.1) is 6.35 Å². The zero-order valence-corrected chi connectivity index (χ0v) is 17.1. The molecule has 0 aliphatic heterocycles. The average Bonchev–Trinajstić information content (AvgIpc) is 2.43. The van der Waals surface area contributed by atoms with Gasteiger partial charge in [-0.05, 0) is 23.4 Å². The van der Waals surface area contributed by atoms with Crippen LogP contribution in [0.4, 0.5) is 0 Å². The highest BCUT2D eigenvalue weighted by Gasteiger charge is 2.38. The molecule has 0 amide bonds. The van der Waals surface area contributed by atoms with Gasteiger partial charge in [-0.25, -0.2) is 0 Å². The Hall–Kier alpha value is -0.483. The number of ether oxygens (including phenoxy) is 1. The SMILES string of the molecule is CC(=O)OC[P@@](=S)(CO[Si](C)(C)C(C)(C)C)c1ccccc1. The van der Waals surface area contributed by atoms with Crippen molar-refractivity contribution in [2.24, 2.45) is 0 Å². The van der Waals surface area contributed by atoms with Gasteiger partial charge in [0, 0.05) is 13.0 Å². The topological polar surface area (TPSA) is 35.5 Å². The second kappa shape index (κ2) is 7.39. The summed E-state index contributed by atoms with van der Waals surface area (Å²) in [6.07, 6.45) is 0.742. The lowest BCUT2D eigenvalue weighted by Crippen LogP contribution is -2.41. The monoisotopic (exact) mass is 358 g/mol. The lowest BCUT2D eigenvalue weighted by Gasteiger charge is -2.38. The second-order valence-electron chi connectivity index (χ2n) is 7.02. The third-order valence-electron chi connectivity index (χ3n) is 4.14. The van der Waals surface area contributed by atoms with Crippen LogP contribution in [-0.4, -0.2) is 27.0 Å². The van der Waals surface area contributed by atoms with Crippen LogP contribution in [-0.2, 0) is 25.8 Å². The minimum absolute atomic E-state index is 0.130. The summed E-state index contributed by atoms with van der Waals surface area (Å²) >= 11 is 5.91. The van der Waals surface area contributed by atoms with Gasteiger partial charge < -0.3 is 9.16 Å². The summed E-state index contributed by atoms with van der Waals surface area (Å²) in [5.74, 6) is -0.294. The fourth-order valence-electron chi connectivity index (χ4n) is 1.56. The molecule has 1 atom stereocenters. The van der Waals surface area contributed by atoms with Crippen molar-refractivity contribution in [3.8, 4) is 0 Å². The van der Waals surface area contributed by atoms with Crippen molar-refractivity contribution in [1.29, 1.82) is 0 Å². The molecule has 1 rings (SSSR count). The van der Waals surface area contributed by atoms with Gasteiger partial charge in [0.25, 0.3) is 0 Å². The van der Waals surface area contributed by atoms with Crippen molar-refractivity contribution in [3.63, 3.8) is 0 Å². The molecule has 0 aromatic heterocycles. The number of esters is 1. The molecule has 0 N–H and O–H groups in total. The molecule has 3 nitrogen and oxygen atoms in total. The van der Waals surface area contributed by atoms with Crippen LogP contribution in [0.15, 0.2) is 30.3 Å². The molecule has 0 aliphatic carbocycles. The zero-order chi connectivity index (χ0) is 17.0. The van der Waals surface area contributed by atoms with Crippen LogP contribution in [0.2, 0.25) is 18.1 Å². The highest BCUT2D eigenvalue weighted by molar-refractivity contribution is 8.18. The van der Waals surface area contributed by atoms with Crippen molar-refractivity contribution in [2.45, 2.75) is 45.8 Å². The Morgan fingerprint density at radius 1 is 1.18 bits per heavy atom. The van der Waals surface area contributed by atoms with Gasteiger partial charge in [-0.3, -0.25) is 4.79 Å². The Labute approximate surface area is 140 Å². The number of carbonyl (C=O) groups is 1. The van der Waals surface area contributed by atoms with Crippen LogP contribution in [0.1, 0.15) is 27.7 Å². The molecule has 0 aliphatic rings. The molecule has 22 heavy (non-hydrogen) atoms. The first-order valence-electron chi connectivity index (χ1n) is 7.39. The molecule has 0 saturated carbocycles. The first-order chi connectivity index (χ1) is 9.98. The molecule has 1 aromatic rings. The number of carbonyl (C=O) groups excluding carboxylic acids is 1. The molecule has 0 unspecified atom stereocenters. The molecule has 0 bridgehead atoms. The lowest BCUT2D eigenvalue weighted by molar-refractivity contribution is -0.138. The van der Waals surface area contributed by atoms with Gasteiger partial charge in [-0.1, -0.05) is 62.9 Å². The molecule has 0 spiro atoms. The Kier molecular flexibility index (Phi) is 6.57. The summed E-state index contributed by atoms with van der Waals surface area (Å²) < 4.78 is 11.6. The highest BCUT2D eigenvalue weighted by Crippen LogP contribution is 2.47. The summed E-state index contributed by atoms with van der Waals surface area (Å²) in [6.45, 7) is 12.5. The predicted octanol–water partition coefficient (Wildman–Crippen LogP) is 4.29. The van der Waals surface area contributed by atoms with E-state index in [1.54, 1.807) is 0 Å². The first-order valence-corrected chi connectivity index (χ1v) is 13.5. The van der Waals surface area contributed by atoms with E-state index in [0.717, 1.165) is 5.30 Å². The van der Waals surface area contributed by atoms with Crippen LogP contribution >= 0.6 is 6.04 Å². The Morgan fingerprint density at radius 2 is 1.73 bits per heavy atom. The maximum Gasteiger partial charge on any atom is 0.303 e. The Bertz CT molecular complexity index is 552. The Morgan fingerprint density at radius 3 is 2.18 bits per heavy atom. The summed E-state index contributed by atoms with van der Waals surface area (Å²) in [5, 5.41) is 1.19. The normalized spacial score (nSPS) is 15.2. The number of hydrogen-bond acceptors (Lipinski definition) is 4. The molecular formula is C16H27O3PSSi. The van der Waals surface area contributed by atoms with Crippen LogP contribution in [0.3, 0.4) is 0 Å². The van der Waals surface area contributed by atoms with Gasteiger partial charge in [0.1, 0.15) is 6.35 Å². The molecule has 6 heteroatoms. The maximum atomic E-state index is 11.2. The van der Waals surface area contributed by atoms with E-state index in [1.807, 2.05) is 30.3 Å². The molecule has 124 valence electrons. The third kappa shape index (κ3) is 5.30. The molecule has 0 saturated heterocycles. The van der Waals surface area contributed by atoms with Crippen molar-refractivity contribution in [1.82, 2.24) is 0 Å². The fourth-order valence-corrected chi connectivity index (χ4v) is 6.60. The van der Waals surface area contributed by atoms with Crippen LogP contribution in [0.5, 0.6) is 0 Å². The molecular weight excluding hydrogens is 331 g/mol. The van der Waals surface area contributed by atoms with E-state index in [0.29, 0.717) is 6.35 Å². The molecule has 0 radical (unpaired) electrons. The number of rotatable bonds is 6. The minimum Gasteiger partial charge on any atom is -0.460 e. The quantitative estimate of drug-likeness (QED) is 0.432. The highest BCUT2D eigenvalue weighted by atomic mass is 32.4. The van der Waals surface area contributed by atoms with Crippen molar-refractivity contribution in [2.75, 3.05) is 12.7 Å². The lowest BCUT2D eigenvalue weighted by atomic mass is 10.2. The Balaban J connectivity index is 2.98. The summed E-state index contributed by atoms with van der Waals surface area (Å²) in [7, 11) is -1.88. The smallest absolute Gasteiger partial charge is 0.303 e.